The molecule has 0 aliphatic carbocycles. The number of para-hydroxylation sites is 1. The van der Waals surface area contributed by atoms with E-state index in [2.05, 4.69) is 4.99 Å². The number of nitro benzene ring substituents is 1. The fourth-order valence-electron chi connectivity index (χ4n) is 2.34. The normalized spacial score (nSPS) is 10.8. The molecule has 0 fully saturated rings. The molecular formula is C19H14N2O3. The Morgan fingerprint density at radius 1 is 0.958 bits per heavy atom. The van der Waals surface area contributed by atoms with Crippen molar-refractivity contribution < 1.29 is 10.0 Å². The van der Waals surface area contributed by atoms with Crippen molar-refractivity contribution in [3.63, 3.8) is 0 Å². The van der Waals surface area contributed by atoms with E-state index in [1.165, 1.54) is 18.3 Å². The van der Waals surface area contributed by atoms with Crippen LogP contribution in [0.15, 0.2) is 77.8 Å². The highest BCUT2D eigenvalue weighted by molar-refractivity contribution is 5.91. The smallest absolute Gasteiger partial charge is 0.270 e. The second kappa shape index (κ2) is 6.75. The Morgan fingerprint density at radius 3 is 2.21 bits per heavy atom. The van der Waals surface area contributed by atoms with Gasteiger partial charge in [0.1, 0.15) is 5.75 Å². The van der Waals surface area contributed by atoms with Gasteiger partial charge in [0.05, 0.1) is 10.6 Å². The third-order valence-corrected chi connectivity index (χ3v) is 3.53. The predicted octanol–water partition coefficient (Wildman–Crippen LogP) is 4.72. The van der Waals surface area contributed by atoms with Crippen LogP contribution in [0.5, 0.6) is 5.75 Å². The highest BCUT2D eigenvalue weighted by Crippen LogP contribution is 2.35. The maximum Gasteiger partial charge on any atom is 0.270 e. The molecule has 0 saturated heterocycles. The molecule has 0 bridgehead atoms. The number of hydrogen-bond acceptors (Lipinski definition) is 4. The Hall–Kier alpha value is -3.47. The predicted molar refractivity (Wildman–Crippen MR) is 93.9 cm³/mol. The zero-order valence-electron chi connectivity index (χ0n) is 12.7. The van der Waals surface area contributed by atoms with Crippen molar-refractivity contribution in [2.45, 2.75) is 0 Å². The van der Waals surface area contributed by atoms with Crippen LogP contribution in [0.4, 0.5) is 11.4 Å². The van der Waals surface area contributed by atoms with E-state index in [4.69, 9.17) is 0 Å². The lowest BCUT2D eigenvalue weighted by molar-refractivity contribution is -0.384. The first-order chi connectivity index (χ1) is 11.6. The van der Waals surface area contributed by atoms with Crippen LogP contribution in [-0.2, 0) is 0 Å². The van der Waals surface area contributed by atoms with Gasteiger partial charge in [-0.25, -0.2) is 0 Å². The van der Waals surface area contributed by atoms with Gasteiger partial charge in [0.2, 0.25) is 0 Å². The highest BCUT2D eigenvalue weighted by Gasteiger charge is 2.16. The van der Waals surface area contributed by atoms with E-state index in [-0.39, 0.29) is 11.4 Å². The third-order valence-electron chi connectivity index (χ3n) is 3.53. The molecule has 5 nitrogen and oxygen atoms in total. The molecule has 0 amide bonds. The number of aromatic hydroxyl groups is 1. The number of hydrogen-bond donors (Lipinski definition) is 1. The molecule has 3 aromatic carbocycles. The minimum absolute atomic E-state index is 0.0357. The number of nitrogens with zero attached hydrogens (tertiary/aromatic N) is 2. The molecule has 5 heteroatoms. The summed E-state index contributed by atoms with van der Waals surface area (Å²) < 4.78 is 0. The number of phenols is 1. The lowest BCUT2D eigenvalue weighted by atomic mass is 10.0. The van der Waals surface area contributed by atoms with Crippen LogP contribution in [0.25, 0.3) is 11.1 Å². The lowest BCUT2D eigenvalue weighted by Crippen LogP contribution is -1.93. The zero-order chi connectivity index (χ0) is 16.9. The van der Waals surface area contributed by atoms with Crippen molar-refractivity contribution in [3.05, 3.63) is 88.5 Å². The lowest BCUT2D eigenvalue weighted by Gasteiger charge is -2.08. The standard InChI is InChI=1S/C19H14N2O3/c22-19-15(13-20-16-9-5-2-6-10-16)11-17(21(23)24)12-18(19)14-7-3-1-4-8-14/h1-13,22H. The van der Waals surface area contributed by atoms with Crippen molar-refractivity contribution >= 4 is 17.6 Å². The molecule has 0 radical (unpaired) electrons. The average Bonchev–Trinajstić information content (AvgIpc) is 2.62. The number of rotatable bonds is 4. The Kier molecular flexibility index (Phi) is 4.34. The molecule has 3 rings (SSSR count). The summed E-state index contributed by atoms with van der Waals surface area (Å²) in [4.78, 5) is 15.0. The van der Waals surface area contributed by atoms with E-state index in [1.54, 1.807) is 12.1 Å². The van der Waals surface area contributed by atoms with Gasteiger partial charge in [0.25, 0.3) is 5.69 Å². The molecule has 0 spiro atoms. The van der Waals surface area contributed by atoms with Crippen molar-refractivity contribution in [1.29, 1.82) is 0 Å². The van der Waals surface area contributed by atoms with Crippen molar-refractivity contribution in [1.82, 2.24) is 0 Å². The first kappa shape index (κ1) is 15.4. The summed E-state index contributed by atoms with van der Waals surface area (Å²) >= 11 is 0. The van der Waals surface area contributed by atoms with Gasteiger partial charge >= 0.3 is 0 Å². The van der Waals surface area contributed by atoms with Gasteiger partial charge in [-0.2, -0.15) is 0 Å². The second-order valence-corrected chi connectivity index (χ2v) is 5.15. The molecule has 24 heavy (non-hydrogen) atoms. The van der Waals surface area contributed by atoms with Gasteiger partial charge in [-0.3, -0.25) is 15.1 Å². The summed E-state index contributed by atoms with van der Waals surface area (Å²) in [7, 11) is 0. The highest BCUT2D eigenvalue weighted by atomic mass is 16.6. The molecule has 0 atom stereocenters. The number of benzene rings is 3. The van der Waals surface area contributed by atoms with Crippen LogP contribution in [0.1, 0.15) is 5.56 Å². The van der Waals surface area contributed by atoms with Crippen LogP contribution in [0.3, 0.4) is 0 Å². The summed E-state index contributed by atoms with van der Waals surface area (Å²) in [6.45, 7) is 0. The zero-order valence-corrected chi connectivity index (χ0v) is 12.7. The van der Waals surface area contributed by atoms with Crippen molar-refractivity contribution in [2.24, 2.45) is 4.99 Å². The molecule has 3 aromatic rings. The Balaban J connectivity index is 2.10. The second-order valence-electron chi connectivity index (χ2n) is 5.15. The van der Waals surface area contributed by atoms with E-state index in [1.807, 2.05) is 48.5 Å². The molecule has 0 saturated carbocycles. The first-order valence-electron chi connectivity index (χ1n) is 7.31. The Labute approximate surface area is 138 Å². The summed E-state index contributed by atoms with van der Waals surface area (Å²) in [5.41, 5.74) is 2.00. The number of non-ortho nitro benzene ring substituents is 1. The summed E-state index contributed by atoms with van der Waals surface area (Å²) in [5, 5.41) is 21.7. The quantitative estimate of drug-likeness (QED) is 0.429. The molecule has 0 heterocycles. The Morgan fingerprint density at radius 2 is 1.58 bits per heavy atom. The molecule has 1 N–H and O–H groups in total. The SMILES string of the molecule is O=[N+]([O-])c1cc(C=Nc2ccccc2)c(O)c(-c2ccccc2)c1. The fourth-order valence-corrected chi connectivity index (χ4v) is 2.34. The number of nitro groups is 1. The van der Waals surface area contributed by atoms with E-state index < -0.39 is 4.92 Å². The van der Waals surface area contributed by atoms with E-state index in [9.17, 15) is 15.2 Å². The van der Waals surface area contributed by atoms with Crippen LogP contribution >= 0.6 is 0 Å². The molecule has 0 aliphatic heterocycles. The minimum atomic E-state index is -0.480. The number of aliphatic imine (C=N–C) groups is 1. The van der Waals surface area contributed by atoms with Gasteiger partial charge in [0.15, 0.2) is 0 Å². The van der Waals surface area contributed by atoms with E-state index in [0.29, 0.717) is 22.4 Å². The summed E-state index contributed by atoms with van der Waals surface area (Å²) in [5.74, 6) is -0.0357. The van der Waals surface area contributed by atoms with Crippen molar-refractivity contribution in [2.75, 3.05) is 0 Å². The number of phenolic OH excluding ortho intramolecular Hbond substituents is 1. The largest absolute Gasteiger partial charge is 0.507 e. The maximum atomic E-state index is 11.2. The fraction of sp³-hybridized carbons (Fsp3) is 0. The van der Waals surface area contributed by atoms with E-state index in [0.717, 1.165) is 0 Å². The summed E-state index contributed by atoms with van der Waals surface area (Å²) in [6, 6.07) is 20.9. The monoisotopic (exact) mass is 318 g/mol. The van der Waals surface area contributed by atoms with E-state index >= 15 is 0 Å². The molecule has 0 aliphatic rings. The first-order valence-corrected chi connectivity index (χ1v) is 7.31. The Bertz CT molecular complexity index is 891. The molecular weight excluding hydrogens is 304 g/mol. The molecule has 0 unspecified atom stereocenters. The van der Waals surface area contributed by atoms with Gasteiger partial charge in [0, 0.05) is 29.5 Å². The summed E-state index contributed by atoms with van der Waals surface area (Å²) in [6.07, 6.45) is 1.43. The van der Waals surface area contributed by atoms with Crippen molar-refractivity contribution in [3.8, 4) is 16.9 Å². The molecule has 0 aromatic heterocycles. The molecule has 118 valence electrons. The van der Waals surface area contributed by atoms with Crippen LogP contribution in [0, 0.1) is 10.1 Å². The van der Waals surface area contributed by atoms with Gasteiger partial charge in [-0.15, -0.1) is 0 Å². The van der Waals surface area contributed by atoms with Gasteiger partial charge in [-0.05, 0) is 17.7 Å². The van der Waals surface area contributed by atoms with Gasteiger partial charge < -0.3 is 5.11 Å². The van der Waals surface area contributed by atoms with Crippen LogP contribution in [0.2, 0.25) is 0 Å². The third kappa shape index (κ3) is 3.30. The van der Waals surface area contributed by atoms with Crippen LogP contribution < -0.4 is 0 Å². The minimum Gasteiger partial charge on any atom is -0.507 e. The maximum absolute atomic E-state index is 11.2. The van der Waals surface area contributed by atoms with Gasteiger partial charge in [-0.1, -0.05) is 48.5 Å². The topological polar surface area (TPSA) is 75.7 Å². The average molecular weight is 318 g/mol. The van der Waals surface area contributed by atoms with Crippen LogP contribution in [-0.4, -0.2) is 16.2 Å².